The van der Waals surface area contributed by atoms with Gasteiger partial charge >= 0.3 is 0 Å². The van der Waals surface area contributed by atoms with E-state index in [9.17, 15) is 16.8 Å². The van der Waals surface area contributed by atoms with Crippen molar-refractivity contribution in [3.05, 3.63) is 29.8 Å². The molecule has 1 aromatic carbocycles. The van der Waals surface area contributed by atoms with Crippen molar-refractivity contribution in [3.8, 4) is 0 Å². The van der Waals surface area contributed by atoms with E-state index in [2.05, 4.69) is 8.91 Å². The van der Waals surface area contributed by atoms with Gasteiger partial charge in [0.2, 0.25) is 10.0 Å². The zero-order chi connectivity index (χ0) is 16.1. The zero-order valence-corrected chi connectivity index (χ0v) is 14.0. The Kier molecular flexibility index (Phi) is 6.33. The van der Waals surface area contributed by atoms with Crippen LogP contribution in [0.2, 0.25) is 0 Å². The summed E-state index contributed by atoms with van der Waals surface area (Å²) in [5, 5.41) is 0. The molecule has 0 aliphatic carbocycles. The van der Waals surface area contributed by atoms with Crippen molar-refractivity contribution >= 4 is 20.1 Å². The lowest BCUT2D eigenvalue weighted by atomic mass is 10.2. The molecule has 0 aliphatic rings. The van der Waals surface area contributed by atoms with E-state index in [0.717, 1.165) is 6.26 Å². The minimum absolute atomic E-state index is 0.0878. The van der Waals surface area contributed by atoms with Gasteiger partial charge in [-0.1, -0.05) is 32.0 Å². The summed E-state index contributed by atoms with van der Waals surface area (Å²) in [6.07, 6.45) is 1.16. The summed E-state index contributed by atoms with van der Waals surface area (Å²) >= 11 is 0. The van der Waals surface area contributed by atoms with Gasteiger partial charge in [-0.05, 0) is 24.0 Å². The topological polar surface area (TPSA) is 89.5 Å². The number of rotatable bonds is 8. The molecule has 120 valence electrons. The van der Waals surface area contributed by atoms with Gasteiger partial charge < -0.3 is 0 Å². The van der Waals surface area contributed by atoms with E-state index in [1.807, 2.05) is 13.8 Å². The van der Waals surface area contributed by atoms with Gasteiger partial charge in [-0.15, -0.1) is 0 Å². The van der Waals surface area contributed by atoms with Crippen LogP contribution in [0.25, 0.3) is 0 Å². The van der Waals surface area contributed by atoms with E-state index in [1.54, 1.807) is 18.2 Å². The van der Waals surface area contributed by atoms with E-state index in [-0.39, 0.29) is 23.8 Å². The van der Waals surface area contributed by atoms with E-state index >= 15 is 0 Å². The minimum Gasteiger partial charge on any atom is -0.270 e. The first-order valence-corrected chi connectivity index (χ1v) is 9.84. The molecule has 1 aromatic rings. The van der Waals surface area contributed by atoms with E-state index in [1.165, 1.54) is 6.07 Å². The molecular formula is C13H21NO5S2. The number of nitrogens with one attached hydrogen (secondary N) is 1. The van der Waals surface area contributed by atoms with Crippen LogP contribution < -0.4 is 4.72 Å². The molecule has 1 N–H and O–H groups in total. The lowest BCUT2D eigenvalue weighted by molar-refractivity contribution is 0.325. The zero-order valence-electron chi connectivity index (χ0n) is 12.4. The molecule has 6 nitrogen and oxygen atoms in total. The Morgan fingerprint density at radius 2 is 1.76 bits per heavy atom. The third-order valence-corrected chi connectivity index (χ3v) is 4.73. The number of hydrogen-bond donors (Lipinski definition) is 1. The third kappa shape index (κ3) is 6.56. The normalized spacial score (nSPS) is 12.8. The Morgan fingerprint density at radius 1 is 1.14 bits per heavy atom. The molecule has 0 atom stereocenters. The summed E-state index contributed by atoms with van der Waals surface area (Å²) in [4.78, 5) is 0.155. The standard InChI is InChI=1S/C13H21NO5S2/c1-11(2)10-14-21(17,18)13-7-5-4-6-12(13)8-9-19-20(3,15)16/h4-7,11,14H,8-10H2,1-3H3. The molecule has 0 amide bonds. The van der Waals surface area contributed by atoms with Crippen LogP contribution in [-0.2, 0) is 30.7 Å². The molecule has 0 spiro atoms. The minimum atomic E-state index is -3.61. The van der Waals surface area contributed by atoms with Crippen molar-refractivity contribution in [2.75, 3.05) is 19.4 Å². The summed E-state index contributed by atoms with van der Waals surface area (Å²) in [6, 6.07) is 6.48. The van der Waals surface area contributed by atoms with Gasteiger partial charge in [0.1, 0.15) is 0 Å². The fourth-order valence-electron chi connectivity index (χ4n) is 1.63. The molecular weight excluding hydrogens is 314 g/mol. The highest BCUT2D eigenvalue weighted by atomic mass is 32.2. The number of sulfonamides is 1. The molecule has 0 radical (unpaired) electrons. The second-order valence-corrected chi connectivity index (χ2v) is 8.51. The molecule has 0 heterocycles. The molecule has 0 bridgehead atoms. The molecule has 0 saturated heterocycles. The lowest BCUT2D eigenvalue weighted by Crippen LogP contribution is -2.28. The Morgan fingerprint density at radius 3 is 2.33 bits per heavy atom. The SMILES string of the molecule is CC(C)CNS(=O)(=O)c1ccccc1CCOS(C)(=O)=O. The van der Waals surface area contributed by atoms with Crippen molar-refractivity contribution in [1.82, 2.24) is 4.72 Å². The number of benzene rings is 1. The van der Waals surface area contributed by atoms with Gasteiger partial charge in [-0.25, -0.2) is 13.1 Å². The van der Waals surface area contributed by atoms with Crippen LogP contribution in [0.5, 0.6) is 0 Å². The molecule has 0 fully saturated rings. The molecule has 0 aliphatic heterocycles. The fourth-order valence-corrected chi connectivity index (χ4v) is 3.50. The van der Waals surface area contributed by atoms with Crippen LogP contribution in [0.3, 0.4) is 0 Å². The van der Waals surface area contributed by atoms with Crippen molar-refractivity contribution in [3.63, 3.8) is 0 Å². The highest BCUT2D eigenvalue weighted by Gasteiger charge is 2.18. The van der Waals surface area contributed by atoms with Crippen LogP contribution in [0.1, 0.15) is 19.4 Å². The van der Waals surface area contributed by atoms with Crippen LogP contribution in [0.4, 0.5) is 0 Å². The van der Waals surface area contributed by atoms with Gasteiger partial charge in [-0.3, -0.25) is 4.18 Å². The maximum atomic E-state index is 12.2. The van der Waals surface area contributed by atoms with Gasteiger partial charge in [0.05, 0.1) is 17.8 Å². The quantitative estimate of drug-likeness (QED) is 0.720. The first kappa shape index (κ1) is 18.1. The average molecular weight is 335 g/mol. The molecule has 8 heteroatoms. The predicted octanol–water partition coefficient (Wildman–Crippen LogP) is 1.14. The largest absolute Gasteiger partial charge is 0.270 e. The summed E-state index contributed by atoms with van der Waals surface area (Å²) in [6.45, 7) is 4.08. The number of hydrogen-bond acceptors (Lipinski definition) is 5. The first-order chi connectivity index (χ1) is 9.62. The molecule has 1 rings (SSSR count). The summed E-state index contributed by atoms with van der Waals surface area (Å²) in [5.41, 5.74) is 0.525. The van der Waals surface area contributed by atoms with Crippen molar-refractivity contribution in [1.29, 1.82) is 0 Å². The summed E-state index contributed by atoms with van der Waals surface area (Å²) in [5.74, 6) is 0.195. The Labute approximate surface area is 126 Å². The fraction of sp³-hybridized carbons (Fsp3) is 0.538. The summed E-state index contributed by atoms with van der Waals surface area (Å²) in [7, 11) is -7.14. The third-order valence-electron chi connectivity index (χ3n) is 2.61. The molecule has 21 heavy (non-hydrogen) atoms. The first-order valence-electron chi connectivity index (χ1n) is 6.54. The molecule has 0 unspecified atom stereocenters. The lowest BCUT2D eigenvalue weighted by Gasteiger charge is -2.12. The van der Waals surface area contributed by atoms with Gasteiger partial charge in [-0.2, -0.15) is 8.42 Å². The van der Waals surface area contributed by atoms with Gasteiger partial charge in [0.25, 0.3) is 10.1 Å². The summed E-state index contributed by atoms with van der Waals surface area (Å²) < 4.78 is 53.5. The Balaban J connectivity index is 2.88. The molecule has 0 saturated carbocycles. The van der Waals surface area contributed by atoms with Crippen molar-refractivity contribution in [2.45, 2.75) is 25.2 Å². The second-order valence-electron chi connectivity index (χ2n) is 5.13. The van der Waals surface area contributed by atoms with Gasteiger partial charge in [0.15, 0.2) is 0 Å². The monoisotopic (exact) mass is 335 g/mol. The van der Waals surface area contributed by atoms with E-state index < -0.39 is 20.1 Å². The Bertz CT molecular complexity index is 666. The van der Waals surface area contributed by atoms with Crippen LogP contribution in [0, 0.1) is 5.92 Å². The highest BCUT2D eigenvalue weighted by molar-refractivity contribution is 7.89. The van der Waals surface area contributed by atoms with Crippen molar-refractivity contribution in [2.24, 2.45) is 5.92 Å². The second kappa shape index (κ2) is 7.35. The van der Waals surface area contributed by atoms with Crippen LogP contribution >= 0.6 is 0 Å². The van der Waals surface area contributed by atoms with Crippen molar-refractivity contribution < 1.29 is 21.0 Å². The maximum absolute atomic E-state index is 12.2. The molecule has 0 aromatic heterocycles. The van der Waals surface area contributed by atoms with Crippen LogP contribution in [-0.4, -0.2) is 36.2 Å². The van der Waals surface area contributed by atoms with Crippen LogP contribution in [0.15, 0.2) is 29.2 Å². The van der Waals surface area contributed by atoms with Gasteiger partial charge in [0, 0.05) is 6.54 Å². The average Bonchev–Trinajstić information content (AvgIpc) is 2.35. The Hall–Kier alpha value is -0.960. The van der Waals surface area contributed by atoms with E-state index in [0.29, 0.717) is 12.1 Å². The highest BCUT2D eigenvalue weighted by Crippen LogP contribution is 2.16. The predicted molar refractivity (Wildman–Crippen MR) is 81.0 cm³/mol. The van der Waals surface area contributed by atoms with E-state index in [4.69, 9.17) is 0 Å². The smallest absolute Gasteiger partial charge is 0.264 e. The maximum Gasteiger partial charge on any atom is 0.264 e.